The Bertz CT molecular complexity index is 985. The van der Waals surface area contributed by atoms with E-state index < -0.39 is 11.9 Å². The number of carbonyl (C=O) groups excluding carboxylic acids is 2. The Kier molecular flexibility index (Phi) is 6.21. The number of Topliss-reactive ketones (excluding diaryl/α,β-unsaturated/α-hetero) is 1. The van der Waals surface area contributed by atoms with Gasteiger partial charge >= 0.3 is 0 Å². The summed E-state index contributed by atoms with van der Waals surface area (Å²) in [5, 5.41) is 3.34. The lowest BCUT2D eigenvalue weighted by molar-refractivity contribution is -0.121. The van der Waals surface area contributed by atoms with E-state index in [0.717, 1.165) is 0 Å². The van der Waals surface area contributed by atoms with Crippen LogP contribution in [0, 0.1) is 5.82 Å². The van der Waals surface area contributed by atoms with Crippen LogP contribution in [0.25, 0.3) is 0 Å². The molecule has 0 fully saturated rings. The molecule has 3 rings (SSSR count). The van der Waals surface area contributed by atoms with Crippen LogP contribution in [0.1, 0.15) is 40.6 Å². The van der Waals surface area contributed by atoms with Crippen LogP contribution in [0.3, 0.4) is 0 Å². The Hall–Kier alpha value is -2.99. The second-order valence-electron chi connectivity index (χ2n) is 6.35. The molecule has 0 radical (unpaired) electrons. The predicted octanol–water partition coefficient (Wildman–Crippen LogP) is 4.08. The van der Waals surface area contributed by atoms with Crippen molar-refractivity contribution in [3.05, 3.63) is 88.7 Å². The summed E-state index contributed by atoms with van der Waals surface area (Å²) >= 11 is 5.82. The Labute approximate surface area is 167 Å². The molecule has 0 aliphatic carbocycles. The Morgan fingerprint density at radius 1 is 1.14 bits per heavy atom. The Balaban J connectivity index is 1.71. The van der Waals surface area contributed by atoms with Crippen molar-refractivity contribution < 1.29 is 14.0 Å². The summed E-state index contributed by atoms with van der Waals surface area (Å²) in [6.07, 6.45) is 3.33. The van der Waals surface area contributed by atoms with Gasteiger partial charge in [-0.05, 0) is 30.3 Å². The van der Waals surface area contributed by atoms with E-state index in [0.29, 0.717) is 22.0 Å². The van der Waals surface area contributed by atoms with Crippen LogP contribution >= 0.6 is 11.6 Å². The number of aromatic nitrogens is 2. The normalized spacial score (nSPS) is 11.8. The summed E-state index contributed by atoms with van der Waals surface area (Å²) in [5.41, 5.74) is 0.807. The standard InChI is InChI=1S/C21H19ClFN3O2/c1-26-13-12-24-21(26)20(16-4-2-3-5-17(16)23)25-19(28)11-10-18(27)14-6-8-15(22)9-7-14/h2-9,12-13,20H,10-11H2,1H3,(H,25,28). The molecule has 3 aromatic rings. The molecule has 1 heterocycles. The van der Waals surface area contributed by atoms with Crippen LogP contribution in [0.4, 0.5) is 4.39 Å². The van der Waals surface area contributed by atoms with Crippen LogP contribution in [0.5, 0.6) is 0 Å². The summed E-state index contributed by atoms with van der Waals surface area (Å²) in [6, 6.07) is 12.0. The van der Waals surface area contributed by atoms with E-state index >= 15 is 0 Å². The molecular formula is C21H19ClFN3O2. The largest absolute Gasteiger partial charge is 0.342 e. The minimum atomic E-state index is -0.751. The number of benzene rings is 2. The van der Waals surface area contributed by atoms with Crippen molar-refractivity contribution in [1.82, 2.24) is 14.9 Å². The summed E-state index contributed by atoms with van der Waals surface area (Å²) in [4.78, 5) is 29.0. The second-order valence-corrected chi connectivity index (χ2v) is 6.78. The SMILES string of the molecule is Cn1ccnc1C(NC(=O)CCC(=O)c1ccc(Cl)cc1)c1ccccc1F. The zero-order valence-corrected chi connectivity index (χ0v) is 16.0. The lowest BCUT2D eigenvalue weighted by atomic mass is 10.0. The van der Waals surface area contributed by atoms with Gasteiger partial charge < -0.3 is 9.88 Å². The number of halogens is 2. The zero-order chi connectivity index (χ0) is 20.1. The maximum absolute atomic E-state index is 14.3. The van der Waals surface area contributed by atoms with Gasteiger partial charge in [-0.1, -0.05) is 29.8 Å². The van der Waals surface area contributed by atoms with Gasteiger partial charge in [-0.15, -0.1) is 0 Å². The third kappa shape index (κ3) is 4.64. The van der Waals surface area contributed by atoms with Gasteiger partial charge in [0.1, 0.15) is 17.7 Å². The fourth-order valence-corrected chi connectivity index (χ4v) is 3.01. The predicted molar refractivity (Wildman–Crippen MR) is 105 cm³/mol. The number of aryl methyl sites for hydroxylation is 1. The molecule has 0 aliphatic rings. The smallest absolute Gasteiger partial charge is 0.221 e. The molecule has 144 valence electrons. The molecule has 0 saturated carbocycles. The van der Waals surface area contributed by atoms with Gasteiger partial charge in [0.15, 0.2) is 5.78 Å². The van der Waals surface area contributed by atoms with Crippen LogP contribution in [0.2, 0.25) is 5.02 Å². The Morgan fingerprint density at radius 3 is 2.50 bits per heavy atom. The lowest BCUT2D eigenvalue weighted by Gasteiger charge is -2.19. The molecule has 0 spiro atoms. The van der Waals surface area contributed by atoms with E-state index in [4.69, 9.17) is 11.6 Å². The topological polar surface area (TPSA) is 64.0 Å². The lowest BCUT2D eigenvalue weighted by Crippen LogP contribution is -2.31. The third-order valence-corrected chi connectivity index (χ3v) is 4.64. The van der Waals surface area contributed by atoms with Crippen molar-refractivity contribution >= 4 is 23.3 Å². The van der Waals surface area contributed by atoms with Crippen LogP contribution in [0.15, 0.2) is 60.9 Å². The molecular weight excluding hydrogens is 381 g/mol. The Morgan fingerprint density at radius 2 is 1.86 bits per heavy atom. The molecule has 1 atom stereocenters. The molecule has 1 aromatic heterocycles. The van der Waals surface area contributed by atoms with Gasteiger partial charge in [-0.3, -0.25) is 9.59 Å². The molecule has 2 aromatic carbocycles. The molecule has 0 bridgehead atoms. The molecule has 1 unspecified atom stereocenters. The molecule has 1 N–H and O–H groups in total. The zero-order valence-electron chi connectivity index (χ0n) is 15.2. The molecule has 28 heavy (non-hydrogen) atoms. The van der Waals surface area contributed by atoms with Crippen molar-refractivity contribution in [2.24, 2.45) is 7.05 Å². The maximum Gasteiger partial charge on any atom is 0.221 e. The number of amides is 1. The number of hydrogen-bond acceptors (Lipinski definition) is 3. The first-order chi connectivity index (χ1) is 13.5. The summed E-state index contributed by atoms with van der Waals surface area (Å²) in [7, 11) is 1.77. The number of nitrogens with one attached hydrogen (secondary N) is 1. The van der Waals surface area contributed by atoms with Crippen molar-refractivity contribution in [2.75, 3.05) is 0 Å². The highest BCUT2D eigenvalue weighted by atomic mass is 35.5. The quantitative estimate of drug-likeness (QED) is 0.609. The van der Waals surface area contributed by atoms with Crippen LogP contribution in [-0.4, -0.2) is 21.2 Å². The van der Waals surface area contributed by atoms with E-state index in [1.54, 1.807) is 66.5 Å². The fourth-order valence-electron chi connectivity index (χ4n) is 2.89. The minimum Gasteiger partial charge on any atom is -0.342 e. The van der Waals surface area contributed by atoms with Gasteiger partial charge in [-0.2, -0.15) is 0 Å². The van der Waals surface area contributed by atoms with Crippen molar-refractivity contribution in [3.8, 4) is 0 Å². The number of imidazole rings is 1. The van der Waals surface area contributed by atoms with Gasteiger partial charge in [0, 0.05) is 48.4 Å². The molecule has 0 saturated heterocycles. The maximum atomic E-state index is 14.3. The summed E-state index contributed by atoms with van der Waals surface area (Å²) in [6.45, 7) is 0. The van der Waals surface area contributed by atoms with Gasteiger partial charge in [-0.25, -0.2) is 9.37 Å². The van der Waals surface area contributed by atoms with Crippen molar-refractivity contribution in [2.45, 2.75) is 18.9 Å². The van der Waals surface area contributed by atoms with Gasteiger partial charge in [0.05, 0.1) is 0 Å². The number of carbonyl (C=O) groups is 2. The number of nitrogens with zero attached hydrogens (tertiary/aromatic N) is 2. The molecule has 5 nitrogen and oxygen atoms in total. The average Bonchev–Trinajstić information content (AvgIpc) is 3.11. The first kappa shape index (κ1) is 19.8. The first-order valence-corrected chi connectivity index (χ1v) is 9.13. The van der Waals surface area contributed by atoms with E-state index in [1.807, 2.05) is 0 Å². The highest BCUT2D eigenvalue weighted by Crippen LogP contribution is 2.23. The molecule has 1 amide bonds. The number of ketones is 1. The minimum absolute atomic E-state index is 0.0170. The van der Waals surface area contributed by atoms with Crippen molar-refractivity contribution in [3.63, 3.8) is 0 Å². The van der Waals surface area contributed by atoms with Crippen LogP contribution < -0.4 is 5.32 Å². The first-order valence-electron chi connectivity index (χ1n) is 8.75. The van der Waals surface area contributed by atoms with Gasteiger partial charge in [0.25, 0.3) is 0 Å². The second kappa shape index (κ2) is 8.80. The summed E-state index contributed by atoms with van der Waals surface area (Å²) in [5.74, 6) is -0.458. The van der Waals surface area contributed by atoms with E-state index in [-0.39, 0.29) is 24.5 Å². The monoisotopic (exact) mass is 399 g/mol. The van der Waals surface area contributed by atoms with Crippen molar-refractivity contribution in [1.29, 1.82) is 0 Å². The van der Waals surface area contributed by atoms with Gasteiger partial charge in [0.2, 0.25) is 5.91 Å². The van der Waals surface area contributed by atoms with E-state index in [9.17, 15) is 14.0 Å². The number of rotatable bonds is 7. The third-order valence-electron chi connectivity index (χ3n) is 4.38. The summed E-state index contributed by atoms with van der Waals surface area (Å²) < 4.78 is 16.0. The molecule has 7 heteroatoms. The van der Waals surface area contributed by atoms with E-state index in [1.165, 1.54) is 6.07 Å². The van der Waals surface area contributed by atoms with Crippen LogP contribution in [-0.2, 0) is 11.8 Å². The highest BCUT2D eigenvalue weighted by Gasteiger charge is 2.23. The fraction of sp³-hybridized carbons (Fsp3) is 0.190. The highest BCUT2D eigenvalue weighted by molar-refractivity contribution is 6.30. The van der Waals surface area contributed by atoms with E-state index in [2.05, 4.69) is 10.3 Å². The number of hydrogen-bond donors (Lipinski definition) is 1. The average molecular weight is 400 g/mol. The molecule has 0 aliphatic heterocycles.